The van der Waals surface area contributed by atoms with E-state index in [0.717, 1.165) is 40.4 Å². The van der Waals surface area contributed by atoms with Crippen LogP contribution < -0.4 is 24.6 Å². The fourth-order valence-electron chi connectivity index (χ4n) is 6.07. The number of benzene rings is 4. The number of hydrogen-bond acceptors (Lipinski definition) is 8. The average Bonchev–Trinajstić information content (AvgIpc) is 3.54. The maximum Gasteiger partial charge on any atom is 0.416 e. The third kappa shape index (κ3) is 9.57. The number of anilines is 3. The number of nitrogens with one attached hydrogen (secondary N) is 2. The van der Waals surface area contributed by atoms with Crippen molar-refractivity contribution in [1.82, 2.24) is 10.6 Å². The van der Waals surface area contributed by atoms with Crippen molar-refractivity contribution in [3.8, 4) is 5.75 Å². The maximum absolute atomic E-state index is 14.3. The van der Waals surface area contributed by atoms with Crippen molar-refractivity contribution in [2.75, 3.05) is 28.6 Å². The van der Waals surface area contributed by atoms with Crippen LogP contribution in [0.15, 0.2) is 91.0 Å². The molecule has 0 unspecified atom stereocenters. The summed E-state index contributed by atoms with van der Waals surface area (Å²) >= 11 is 0. The van der Waals surface area contributed by atoms with Gasteiger partial charge in [-0.25, -0.2) is 17.1 Å². The van der Waals surface area contributed by atoms with E-state index in [-0.39, 0.29) is 67.3 Å². The Morgan fingerprint density at radius 1 is 1.02 bits per heavy atom. The van der Waals surface area contributed by atoms with Crippen LogP contribution in [0.25, 0.3) is 0 Å². The summed E-state index contributed by atoms with van der Waals surface area (Å²) in [6.45, 7) is -0.0547. The average molecular weight is 757 g/mol. The van der Waals surface area contributed by atoms with Gasteiger partial charge in [-0.05, 0) is 66.4 Å². The van der Waals surface area contributed by atoms with Crippen molar-refractivity contribution in [2.24, 2.45) is 0 Å². The molecule has 1 aliphatic heterocycles. The molecule has 1 fully saturated rings. The summed E-state index contributed by atoms with van der Waals surface area (Å²) in [6, 6.07) is 19.3. The molecule has 0 saturated carbocycles. The Morgan fingerprint density at radius 3 is 2.34 bits per heavy atom. The van der Waals surface area contributed by atoms with Gasteiger partial charge in [-0.3, -0.25) is 14.4 Å². The Morgan fingerprint density at radius 2 is 1.72 bits per heavy atom. The number of aliphatic hydroxyl groups excluding tert-OH is 1. The zero-order valence-electron chi connectivity index (χ0n) is 28.3. The summed E-state index contributed by atoms with van der Waals surface area (Å²) < 4.78 is 86.5. The van der Waals surface area contributed by atoms with Gasteiger partial charge in [0.25, 0.3) is 12.4 Å². The molecule has 0 aliphatic carbocycles. The van der Waals surface area contributed by atoms with Crippen LogP contribution in [0.5, 0.6) is 5.75 Å². The lowest BCUT2D eigenvalue weighted by molar-refractivity contribution is -0.137. The van der Waals surface area contributed by atoms with Crippen LogP contribution in [0.2, 0.25) is 0 Å². The number of ether oxygens (including phenoxy) is 1. The van der Waals surface area contributed by atoms with E-state index in [9.17, 15) is 45.5 Å². The summed E-state index contributed by atoms with van der Waals surface area (Å²) in [5.41, 5.74) is -0.619. The third-order valence-corrected chi connectivity index (χ3v) is 9.55. The van der Waals surface area contributed by atoms with Crippen molar-refractivity contribution in [1.29, 1.82) is 0 Å². The predicted molar refractivity (Wildman–Crippen MR) is 189 cm³/mol. The van der Waals surface area contributed by atoms with Crippen LogP contribution in [0.3, 0.4) is 0 Å². The van der Waals surface area contributed by atoms with Crippen LogP contribution in [0, 0.1) is 5.82 Å². The molecule has 1 heterocycles. The van der Waals surface area contributed by atoms with Gasteiger partial charge in [0.2, 0.25) is 15.9 Å². The summed E-state index contributed by atoms with van der Waals surface area (Å²) in [5, 5.41) is 17.1. The number of alkyl halides is 3. The molecule has 5 rings (SSSR count). The normalized spacial score (nSPS) is 14.5. The quantitative estimate of drug-likeness (QED) is 0.112. The molecule has 4 aromatic rings. The fraction of sp³-hybridized carbons (Fsp3) is 0.270. The first-order valence-electron chi connectivity index (χ1n) is 16.4. The summed E-state index contributed by atoms with van der Waals surface area (Å²) in [4.78, 5) is 40.4. The fourth-order valence-corrected chi connectivity index (χ4v) is 7.08. The SMILES string of the molecule is CS(=O)(=O)N(c1ccc(F)cc1)c1c(OC=O)ccc(C(=O)N[C@@H](Cc2ccccc2)[C@H](O)CNCc2cccc(C(F)(F)F)c2)c1N1CCCC1=O. The summed E-state index contributed by atoms with van der Waals surface area (Å²) in [7, 11) is -4.32. The van der Waals surface area contributed by atoms with E-state index in [2.05, 4.69) is 10.6 Å². The topological polar surface area (TPSA) is 145 Å². The summed E-state index contributed by atoms with van der Waals surface area (Å²) in [6.07, 6.45) is -4.45. The molecule has 2 amide bonds. The van der Waals surface area contributed by atoms with Gasteiger partial charge in [-0.2, -0.15) is 13.2 Å². The second-order valence-electron chi connectivity index (χ2n) is 12.3. The Labute approximate surface area is 303 Å². The lowest BCUT2D eigenvalue weighted by atomic mass is 9.99. The van der Waals surface area contributed by atoms with Gasteiger partial charge in [0.15, 0.2) is 5.75 Å². The highest BCUT2D eigenvalue weighted by atomic mass is 32.2. The molecular formula is C37H36F4N4O7S. The largest absolute Gasteiger partial charge is 0.426 e. The molecule has 3 N–H and O–H groups in total. The van der Waals surface area contributed by atoms with E-state index in [4.69, 9.17) is 4.74 Å². The first-order valence-corrected chi connectivity index (χ1v) is 18.3. The second kappa shape index (κ2) is 16.6. The Bertz CT molecular complexity index is 2050. The molecule has 1 aliphatic rings. The number of rotatable bonds is 15. The van der Waals surface area contributed by atoms with Crippen molar-refractivity contribution in [2.45, 2.75) is 44.1 Å². The molecule has 11 nitrogen and oxygen atoms in total. The van der Waals surface area contributed by atoms with Gasteiger partial charge >= 0.3 is 6.18 Å². The molecule has 0 spiro atoms. The van der Waals surface area contributed by atoms with E-state index in [1.807, 2.05) is 0 Å². The van der Waals surface area contributed by atoms with Crippen molar-refractivity contribution in [3.05, 3.63) is 119 Å². The Kier molecular flexibility index (Phi) is 12.2. The van der Waals surface area contributed by atoms with E-state index < -0.39 is 51.5 Å². The zero-order chi connectivity index (χ0) is 38.3. The number of nitrogens with zero attached hydrogens (tertiary/aromatic N) is 2. The van der Waals surface area contributed by atoms with Gasteiger partial charge in [0.05, 0.1) is 40.9 Å². The van der Waals surface area contributed by atoms with E-state index in [1.165, 1.54) is 41.3 Å². The van der Waals surface area contributed by atoms with Crippen LogP contribution in [-0.4, -0.2) is 63.3 Å². The minimum Gasteiger partial charge on any atom is -0.426 e. The molecule has 53 heavy (non-hydrogen) atoms. The minimum atomic E-state index is -4.53. The van der Waals surface area contributed by atoms with Crippen LogP contribution >= 0.6 is 0 Å². The van der Waals surface area contributed by atoms with Gasteiger partial charge in [-0.15, -0.1) is 0 Å². The highest BCUT2D eigenvalue weighted by Gasteiger charge is 2.37. The number of hydrogen-bond donors (Lipinski definition) is 3. The Hall–Kier alpha value is -5.32. The van der Waals surface area contributed by atoms with Crippen molar-refractivity contribution in [3.63, 3.8) is 0 Å². The molecule has 4 aromatic carbocycles. The minimum absolute atomic E-state index is 0.0273. The van der Waals surface area contributed by atoms with Gasteiger partial charge < -0.3 is 25.4 Å². The van der Waals surface area contributed by atoms with Crippen LogP contribution in [0.1, 0.15) is 39.9 Å². The molecule has 16 heteroatoms. The molecule has 0 aromatic heterocycles. The second-order valence-corrected chi connectivity index (χ2v) is 14.2. The van der Waals surface area contributed by atoms with Crippen molar-refractivity contribution < 1.29 is 50.2 Å². The standard InChI is InChI=1S/C37H36F4N4O7S/c1-53(50,51)45(28-14-12-27(38)13-15-28)35-32(52-23-46)17-16-29(34(35)44-18-6-11-33(44)48)36(49)43-30(20-24-7-3-2-4-8-24)31(47)22-42-21-25-9-5-10-26(19-25)37(39,40)41/h2-5,7-10,12-17,19,23,30-31,42,47H,6,11,18,20-22H2,1H3,(H,43,49)/t30-,31+/m0/s1. The lowest BCUT2D eigenvalue weighted by Crippen LogP contribution is -2.49. The van der Waals surface area contributed by atoms with Gasteiger partial charge in [0, 0.05) is 26.1 Å². The molecular weight excluding hydrogens is 720 g/mol. The van der Waals surface area contributed by atoms with Crippen molar-refractivity contribution >= 4 is 45.4 Å². The highest BCUT2D eigenvalue weighted by molar-refractivity contribution is 7.92. The molecule has 2 atom stereocenters. The first kappa shape index (κ1) is 38.9. The van der Waals surface area contributed by atoms with Gasteiger partial charge in [0.1, 0.15) is 11.5 Å². The number of aliphatic hydroxyl groups is 1. The van der Waals surface area contributed by atoms with E-state index >= 15 is 0 Å². The highest BCUT2D eigenvalue weighted by Crippen LogP contribution is 2.47. The Balaban J connectivity index is 1.54. The van der Waals surface area contributed by atoms with Crippen LogP contribution in [-0.2, 0) is 38.8 Å². The van der Waals surface area contributed by atoms with Gasteiger partial charge in [-0.1, -0.05) is 48.5 Å². The summed E-state index contributed by atoms with van der Waals surface area (Å²) in [5.74, 6) is -2.26. The van der Waals surface area contributed by atoms with Crippen LogP contribution in [0.4, 0.5) is 34.6 Å². The first-order chi connectivity index (χ1) is 25.2. The molecule has 0 radical (unpaired) electrons. The number of amides is 2. The number of halogens is 4. The number of sulfonamides is 1. The number of carbonyl (C=O) groups is 3. The maximum atomic E-state index is 14.3. The molecule has 0 bridgehead atoms. The lowest BCUT2D eigenvalue weighted by Gasteiger charge is -2.31. The monoisotopic (exact) mass is 756 g/mol. The van der Waals surface area contributed by atoms with E-state index in [0.29, 0.717) is 12.0 Å². The predicted octanol–water partition coefficient (Wildman–Crippen LogP) is 5.10. The molecule has 280 valence electrons. The zero-order valence-corrected chi connectivity index (χ0v) is 29.2. The van der Waals surface area contributed by atoms with E-state index in [1.54, 1.807) is 30.3 Å². The smallest absolute Gasteiger partial charge is 0.416 e. The third-order valence-electron chi connectivity index (χ3n) is 8.49. The number of carbonyl (C=O) groups excluding carboxylic acids is 3. The molecule has 1 saturated heterocycles.